The fraction of sp³-hybridized carbons (Fsp3) is 0.0714. The molecule has 0 N–H and O–H groups in total. The monoisotopic (exact) mass is 227 g/mol. The Hall–Kier alpha value is -1.60. The fourth-order valence-corrected chi connectivity index (χ4v) is 2.16. The van der Waals surface area contributed by atoms with Crippen LogP contribution >= 0.6 is 11.6 Å². The first-order chi connectivity index (χ1) is 7.83. The van der Waals surface area contributed by atoms with Crippen molar-refractivity contribution in [1.82, 2.24) is 0 Å². The average Bonchev–Trinajstić information content (AvgIpc) is 2.72. The summed E-state index contributed by atoms with van der Waals surface area (Å²) in [5, 5.41) is 0.760. The number of benzene rings is 2. The molecule has 0 unspecified atom stereocenters. The van der Waals surface area contributed by atoms with Crippen molar-refractivity contribution in [2.45, 2.75) is 6.42 Å². The molecule has 0 saturated carbocycles. The SMILES string of the molecule is Clc1cccc(C2=Nc3ccccc3C2)c1. The van der Waals surface area contributed by atoms with Crippen LogP contribution < -0.4 is 0 Å². The van der Waals surface area contributed by atoms with Crippen molar-refractivity contribution in [1.29, 1.82) is 0 Å². The second-order valence-corrected chi connectivity index (χ2v) is 4.31. The summed E-state index contributed by atoms with van der Waals surface area (Å²) in [6, 6.07) is 16.1. The Balaban J connectivity index is 2.02. The number of aliphatic imine (C=N–C) groups is 1. The van der Waals surface area contributed by atoms with Gasteiger partial charge in [0.15, 0.2) is 0 Å². The highest BCUT2D eigenvalue weighted by molar-refractivity contribution is 6.31. The van der Waals surface area contributed by atoms with Crippen LogP contribution in [0.3, 0.4) is 0 Å². The van der Waals surface area contributed by atoms with Crippen LogP contribution in [0.15, 0.2) is 53.5 Å². The van der Waals surface area contributed by atoms with Gasteiger partial charge >= 0.3 is 0 Å². The smallest absolute Gasteiger partial charge is 0.0669 e. The zero-order valence-electron chi connectivity index (χ0n) is 8.65. The van der Waals surface area contributed by atoms with Crippen molar-refractivity contribution >= 4 is 23.0 Å². The summed E-state index contributed by atoms with van der Waals surface area (Å²) >= 11 is 5.98. The zero-order valence-corrected chi connectivity index (χ0v) is 9.41. The van der Waals surface area contributed by atoms with Gasteiger partial charge in [0, 0.05) is 11.4 Å². The van der Waals surface area contributed by atoms with E-state index in [1.807, 2.05) is 30.3 Å². The van der Waals surface area contributed by atoms with E-state index in [9.17, 15) is 0 Å². The molecule has 2 aromatic carbocycles. The molecule has 1 aliphatic heterocycles. The number of fused-ring (bicyclic) bond motifs is 1. The summed E-state index contributed by atoms with van der Waals surface area (Å²) in [4.78, 5) is 4.62. The van der Waals surface area contributed by atoms with Crippen molar-refractivity contribution in [2.75, 3.05) is 0 Å². The molecular weight excluding hydrogens is 218 g/mol. The molecule has 0 fully saturated rings. The van der Waals surface area contributed by atoms with Crippen LogP contribution in [0, 0.1) is 0 Å². The topological polar surface area (TPSA) is 12.4 Å². The highest BCUT2D eigenvalue weighted by atomic mass is 35.5. The molecule has 0 amide bonds. The molecule has 0 aromatic heterocycles. The van der Waals surface area contributed by atoms with Gasteiger partial charge in [-0.1, -0.05) is 41.9 Å². The molecule has 3 rings (SSSR count). The Morgan fingerprint density at radius 2 is 1.88 bits per heavy atom. The van der Waals surface area contributed by atoms with Crippen molar-refractivity contribution in [3.05, 3.63) is 64.7 Å². The predicted molar refractivity (Wildman–Crippen MR) is 67.8 cm³/mol. The summed E-state index contributed by atoms with van der Waals surface area (Å²) in [7, 11) is 0. The Morgan fingerprint density at radius 1 is 1.00 bits per heavy atom. The fourth-order valence-electron chi connectivity index (χ4n) is 1.97. The van der Waals surface area contributed by atoms with Crippen LogP contribution in [0.25, 0.3) is 0 Å². The molecule has 1 heterocycles. The van der Waals surface area contributed by atoms with E-state index in [1.54, 1.807) is 0 Å². The first-order valence-corrected chi connectivity index (χ1v) is 5.62. The van der Waals surface area contributed by atoms with Crippen molar-refractivity contribution in [2.24, 2.45) is 4.99 Å². The Bertz CT molecular complexity index is 572. The van der Waals surface area contributed by atoms with E-state index in [0.29, 0.717) is 0 Å². The van der Waals surface area contributed by atoms with E-state index in [0.717, 1.165) is 28.4 Å². The number of nitrogens with zero attached hydrogens (tertiary/aromatic N) is 1. The number of hydrogen-bond acceptors (Lipinski definition) is 1. The summed E-state index contributed by atoms with van der Waals surface area (Å²) < 4.78 is 0. The van der Waals surface area contributed by atoms with E-state index < -0.39 is 0 Å². The molecular formula is C14H10ClN. The Morgan fingerprint density at radius 3 is 2.69 bits per heavy atom. The van der Waals surface area contributed by atoms with Gasteiger partial charge in [-0.15, -0.1) is 0 Å². The lowest BCUT2D eigenvalue weighted by molar-refractivity contribution is 1.39. The minimum atomic E-state index is 0.760. The maximum Gasteiger partial charge on any atom is 0.0669 e. The van der Waals surface area contributed by atoms with Gasteiger partial charge in [0.25, 0.3) is 0 Å². The number of rotatable bonds is 1. The first-order valence-electron chi connectivity index (χ1n) is 5.24. The third-order valence-electron chi connectivity index (χ3n) is 2.76. The van der Waals surface area contributed by atoms with Crippen LogP contribution in [0.1, 0.15) is 11.1 Å². The van der Waals surface area contributed by atoms with E-state index >= 15 is 0 Å². The van der Waals surface area contributed by atoms with E-state index in [2.05, 4.69) is 23.2 Å². The lowest BCUT2D eigenvalue weighted by Crippen LogP contribution is -1.99. The quantitative estimate of drug-likeness (QED) is 0.698. The van der Waals surface area contributed by atoms with Crippen LogP contribution in [0.5, 0.6) is 0 Å². The Kier molecular flexibility index (Phi) is 2.26. The van der Waals surface area contributed by atoms with Gasteiger partial charge in [0.1, 0.15) is 0 Å². The van der Waals surface area contributed by atoms with Crippen molar-refractivity contribution in [3.63, 3.8) is 0 Å². The summed E-state index contributed by atoms with van der Waals surface area (Å²) in [6.45, 7) is 0. The summed E-state index contributed by atoms with van der Waals surface area (Å²) in [6.07, 6.45) is 0.899. The minimum absolute atomic E-state index is 0.760. The van der Waals surface area contributed by atoms with Gasteiger partial charge in [-0.05, 0) is 29.3 Å². The molecule has 0 saturated heterocycles. The largest absolute Gasteiger partial charge is 0.252 e. The standard InChI is InChI=1S/C14H10ClN/c15-12-6-3-5-10(8-12)14-9-11-4-1-2-7-13(11)16-14/h1-8H,9H2. The summed E-state index contributed by atoms with van der Waals surface area (Å²) in [5.41, 5.74) is 4.59. The van der Waals surface area contributed by atoms with Gasteiger partial charge in [-0.2, -0.15) is 0 Å². The van der Waals surface area contributed by atoms with Crippen LogP contribution in [-0.2, 0) is 6.42 Å². The molecule has 2 aromatic rings. The molecule has 1 aliphatic rings. The molecule has 78 valence electrons. The lowest BCUT2D eigenvalue weighted by Gasteiger charge is -2.00. The molecule has 16 heavy (non-hydrogen) atoms. The molecule has 0 atom stereocenters. The molecule has 2 heteroatoms. The van der Waals surface area contributed by atoms with Crippen LogP contribution in [-0.4, -0.2) is 5.71 Å². The molecule has 1 nitrogen and oxygen atoms in total. The highest BCUT2D eigenvalue weighted by Crippen LogP contribution is 2.28. The number of para-hydroxylation sites is 1. The minimum Gasteiger partial charge on any atom is -0.252 e. The molecule has 0 aliphatic carbocycles. The zero-order chi connectivity index (χ0) is 11.0. The average molecular weight is 228 g/mol. The Labute approximate surface area is 99.4 Å². The third-order valence-corrected chi connectivity index (χ3v) is 3.00. The highest BCUT2D eigenvalue weighted by Gasteiger charge is 2.14. The predicted octanol–water partition coefficient (Wildman–Crippen LogP) is 4.02. The maximum atomic E-state index is 5.98. The number of halogens is 1. The van der Waals surface area contributed by atoms with Crippen molar-refractivity contribution < 1.29 is 0 Å². The maximum absolute atomic E-state index is 5.98. The molecule has 0 radical (unpaired) electrons. The van der Waals surface area contributed by atoms with Gasteiger partial charge in [-0.3, -0.25) is 4.99 Å². The van der Waals surface area contributed by atoms with Crippen LogP contribution in [0.4, 0.5) is 5.69 Å². The van der Waals surface area contributed by atoms with E-state index in [-0.39, 0.29) is 0 Å². The third kappa shape index (κ3) is 1.63. The second-order valence-electron chi connectivity index (χ2n) is 3.87. The lowest BCUT2D eigenvalue weighted by atomic mass is 10.0. The summed E-state index contributed by atoms with van der Waals surface area (Å²) in [5.74, 6) is 0. The van der Waals surface area contributed by atoms with E-state index in [1.165, 1.54) is 5.56 Å². The van der Waals surface area contributed by atoms with Gasteiger partial charge in [0.2, 0.25) is 0 Å². The first kappa shape index (κ1) is 9.61. The number of hydrogen-bond donors (Lipinski definition) is 0. The second kappa shape index (κ2) is 3.76. The van der Waals surface area contributed by atoms with Gasteiger partial charge < -0.3 is 0 Å². The normalized spacial score (nSPS) is 13.4. The van der Waals surface area contributed by atoms with Gasteiger partial charge in [0.05, 0.1) is 11.4 Å². The van der Waals surface area contributed by atoms with Gasteiger partial charge in [-0.25, -0.2) is 0 Å². The molecule has 0 bridgehead atoms. The van der Waals surface area contributed by atoms with Crippen molar-refractivity contribution in [3.8, 4) is 0 Å². The van der Waals surface area contributed by atoms with E-state index in [4.69, 9.17) is 11.6 Å². The molecule has 0 spiro atoms. The van der Waals surface area contributed by atoms with Crippen LogP contribution in [0.2, 0.25) is 5.02 Å².